The number of nitrogens with zero attached hydrogens (tertiary/aromatic N) is 2. The third-order valence-electron chi connectivity index (χ3n) is 3.82. The van der Waals surface area contributed by atoms with E-state index >= 15 is 0 Å². The average Bonchev–Trinajstić information content (AvgIpc) is 2.61. The van der Waals surface area contributed by atoms with Gasteiger partial charge in [-0.3, -0.25) is 0 Å². The molecule has 5 heteroatoms. The van der Waals surface area contributed by atoms with Gasteiger partial charge in [0.2, 0.25) is 5.96 Å². The van der Waals surface area contributed by atoms with Crippen molar-refractivity contribution >= 4 is 11.7 Å². The molecule has 2 aromatic carbocycles. The van der Waals surface area contributed by atoms with Gasteiger partial charge in [0.15, 0.2) is 0 Å². The van der Waals surface area contributed by atoms with Crippen LogP contribution in [0.2, 0.25) is 0 Å². The molecule has 118 valence electrons. The highest BCUT2D eigenvalue weighted by atomic mass is 16.5. The molecule has 0 amide bonds. The minimum absolute atomic E-state index is 0.0310. The van der Waals surface area contributed by atoms with Crippen LogP contribution < -0.4 is 11.5 Å². The van der Waals surface area contributed by atoms with Crippen molar-refractivity contribution in [3.05, 3.63) is 71.8 Å². The molecule has 1 heterocycles. The first-order valence-electron chi connectivity index (χ1n) is 7.62. The van der Waals surface area contributed by atoms with E-state index in [4.69, 9.17) is 16.2 Å². The Bertz CT molecular complexity index is 644. The van der Waals surface area contributed by atoms with Crippen molar-refractivity contribution in [2.75, 3.05) is 0 Å². The minimum atomic E-state index is -0.0527. The Labute approximate surface area is 135 Å². The maximum Gasteiger partial charge on any atom is 0.211 e. The molecular weight excluding hydrogens is 288 g/mol. The number of hydrogen-bond acceptors (Lipinski definition) is 3. The van der Waals surface area contributed by atoms with Gasteiger partial charge < -0.3 is 16.2 Å². The highest BCUT2D eigenvalue weighted by Gasteiger charge is 2.28. The zero-order valence-electron chi connectivity index (χ0n) is 12.8. The van der Waals surface area contributed by atoms with Crippen LogP contribution in [0.15, 0.2) is 70.9 Å². The number of guanidine groups is 1. The number of benzene rings is 2. The van der Waals surface area contributed by atoms with Gasteiger partial charge >= 0.3 is 0 Å². The Morgan fingerprint density at radius 2 is 1.30 bits per heavy atom. The van der Waals surface area contributed by atoms with Gasteiger partial charge in [-0.2, -0.15) is 5.10 Å². The molecule has 0 aliphatic carbocycles. The molecule has 1 aliphatic rings. The summed E-state index contributed by atoms with van der Waals surface area (Å²) in [5.74, 6) is -0.0310. The van der Waals surface area contributed by atoms with Gasteiger partial charge in [0.05, 0.1) is 12.2 Å². The zero-order valence-corrected chi connectivity index (χ0v) is 12.8. The summed E-state index contributed by atoms with van der Waals surface area (Å²) < 4.78 is 6.30. The molecule has 0 bridgehead atoms. The molecule has 0 aromatic heterocycles. The van der Waals surface area contributed by atoms with Gasteiger partial charge in [-0.1, -0.05) is 60.7 Å². The fourth-order valence-electron chi connectivity index (χ4n) is 2.74. The van der Waals surface area contributed by atoms with Gasteiger partial charge in [0.1, 0.15) is 0 Å². The molecule has 1 aliphatic heterocycles. The molecule has 1 fully saturated rings. The van der Waals surface area contributed by atoms with Crippen molar-refractivity contribution in [2.24, 2.45) is 21.7 Å². The van der Waals surface area contributed by atoms with Gasteiger partial charge in [0, 0.05) is 18.6 Å². The van der Waals surface area contributed by atoms with Crippen molar-refractivity contribution in [1.29, 1.82) is 0 Å². The second-order valence-electron chi connectivity index (χ2n) is 5.53. The minimum Gasteiger partial charge on any atom is -0.369 e. The lowest BCUT2D eigenvalue weighted by molar-refractivity contribution is -0.0207. The first-order chi connectivity index (χ1) is 11.2. The number of hydrogen-bond donors (Lipinski definition) is 2. The predicted octanol–water partition coefficient (Wildman–Crippen LogP) is 2.91. The lowest BCUT2D eigenvalue weighted by Crippen LogP contribution is -2.25. The summed E-state index contributed by atoms with van der Waals surface area (Å²) >= 11 is 0. The molecule has 0 spiro atoms. The lowest BCUT2D eigenvalue weighted by atomic mass is 9.93. The predicted molar refractivity (Wildman–Crippen MR) is 91.9 cm³/mol. The van der Waals surface area contributed by atoms with Crippen LogP contribution in [0.25, 0.3) is 0 Å². The summed E-state index contributed by atoms with van der Waals surface area (Å²) in [5, 5.41) is 8.02. The largest absolute Gasteiger partial charge is 0.369 e. The highest BCUT2D eigenvalue weighted by Crippen LogP contribution is 2.37. The fourth-order valence-corrected chi connectivity index (χ4v) is 2.74. The molecule has 1 saturated heterocycles. The fraction of sp³-hybridized carbons (Fsp3) is 0.222. The van der Waals surface area contributed by atoms with Crippen molar-refractivity contribution in [1.82, 2.24) is 0 Å². The molecule has 4 N–H and O–H groups in total. The maximum absolute atomic E-state index is 6.30. The topological polar surface area (TPSA) is 86.0 Å². The van der Waals surface area contributed by atoms with E-state index in [0.29, 0.717) is 12.8 Å². The van der Waals surface area contributed by atoms with Crippen molar-refractivity contribution < 1.29 is 4.74 Å². The van der Waals surface area contributed by atoms with Crippen LogP contribution in [0.4, 0.5) is 0 Å². The van der Waals surface area contributed by atoms with E-state index in [-0.39, 0.29) is 18.2 Å². The van der Waals surface area contributed by atoms with E-state index in [2.05, 4.69) is 34.5 Å². The van der Waals surface area contributed by atoms with E-state index in [1.54, 1.807) is 0 Å². The maximum atomic E-state index is 6.30. The summed E-state index contributed by atoms with van der Waals surface area (Å²) in [7, 11) is 0. The summed E-state index contributed by atoms with van der Waals surface area (Å²) in [5.41, 5.74) is 14.0. The monoisotopic (exact) mass is 308 g/mol. The second kappa shape index (κ2) is 7.07. The molecule has 5 nitrogen and oxygen atoms in total. The van der Waals surface area contributed by atoms with Crippen LogP contribution in [-0.4, -0.2) is 11.7 Å². The van der Waals surface area contributed by atoms with E-state index in [1.807, 2.05) is 36.4 Å². The van der Waals surface area contributed by atoms with Crippen LogP contribution in [0, 0.1) is 0 Å². The summed E-state index contributed by atoms with van der Waals surface area (Å²) in [6, 6.07) is 20.3. The lowest BCUT2D eigenvalue weighted by Gasteiger charge is -2.31. The normalized spacial score (nSPS) is 22.7. The third kappa shape index (κ3) is 3.96. The first-order valence-corrected chi connectivity index (χ1v) is 7.62. The summed E-state index contributed by atoms with van der Waals surface area (Å²) in [6.07, 6.45) is 1.26. The SMILES string of the molecule is NC(N)=NN=C1C[C@@H](c2ccccc2)O[C@@H](c2ccccc2)C1. The molecule has 0 unspecified atom stereocenters. The number of rotatable bonds is 3. The van der Waals surface area contributed by atoms with E-state index in [1.165, 1.54) is 0 Å². The number of nitrogens with two attached hydrogens (primary N) is 2. The standard InChI is InChI=1S/C18H20N4O/c19-18(20)22-21-15-11-16(13-7-3-1-4-8-13)23-17(12-15)14-9-5-2-6-10-14/h1-10,16-17H,11-12H2,(H4,19,20,22)/t16-,17+. The van der Waals surface area contributed by atoms with Crippen LogP contribution in [0.1, 0.15) is 36.2 Å². The van der Waals surface area contributed by atoms with Gasteiger partial charge in [-0.05, 0) is 11.1 Å². The van der Waals surface area contributed by atoms with Gasteiger partial charge in [-0.15, -0.1) is 5.10 Å². The molecule has 0 saturated carbocycles. The Balaban J connectivity index is 1.89. The van der Waals surface area contributed by atoms with E-state index in [0.717, 1.165) is 16.8 Å². The van der Waals surface area contributed by atoms with Crippen LogP contribution in [-0.2, 0) is 4.74 Å². The van der Waals surface area contributed by atoms with Crippen molar-refractivity contribution in [3.63, 3.8) is 0 Å². The molecule has 0 radical (unpaired) electrons. The van der Waals surface area contributed by atoms with Gasteiger partial charge in [-0.25, -0.2) is 0 Å². The smallest absolute Gasteiger partial charge is 0.211 e. The van der Waals surface area contributed by atoms with Crippen LogP contribution in [0.5, 0.6) is 0 Å². The van der Waals surface area contributed by atoms with Crippen molar-refractivity contribution in [2.45, 2.75) is 25.0 Å². The molecule has 3 rings (SSSR count). The molecule has 23 heavy (non-hydrogen) atoms. The number of ether oxygens (including phenoxy) is 1. The van der Waals surface area contributed by atoms with E-state index in [9.17, 15) is 0 Å². The second-order valence-corrected chi connectivity index (χ2v) is 5.53. The average molecular weight is 308 g/mol. The first kappa shape index (κ1) is 15.2. The Morgan fingerprint density at radius 3 is 1.74 bits per heavy atom. The summed E-state index contributed by atoms with van der Waals surface area (Å²) in [6.45, 7) is 0. The summed E-state index contributed by atoms with van der Waals surface area (Å²) in [4.78, 5) is 0. The van der Waals surface area contributed by atoms with Crippen LogP contribution >= 0.6 is 0 Å². The quantitative estimate of drug-likeness (QED) is 0.519. The van der Waals surface area contributed by atoms with Gasteiger partial charge in [0.25, 0.3) is 0 Å². The molecule has 2 atom stereocenters. The zero-order chi connectivity index (χ0) is 16.1. The van der Waals surface area contributed by atoms with E-state index < -0.39 is 0 Å². The molecular formula is C18H20N4O. The Hall–Kier alpha value is -2.66. The third-order valence-corrected chi connectivity index (χ3v) is 3.82. The highest BCUT2D eigenvalue weighted by molar-refractivity contribution is 5.87. The van der Waals surface area contributed by atoms with Crippen LogP contribution in [0.3, 0.4) is 0 Å². The molecule has 2 aromatic rings. The van der Waals surface area contributed by atoms with Crippen molar-refractivity contribution in [3.8, 4) is 0 Å². The Kier molecular flexibility index (Phi) is 4.68. The Morgan fingerprint density at radius 1 is 0.826 bits per heavy atom.